The maximum Gasteiger partial charge on any atom is 0.214 e. The first-order chi connectivity index (χ1) is 5.40. The van der Waals surface area contributed by atoms with Gasteiger partial charge in [0.1, 0.15) is 0 Å². The van der Waals surface area contributed by atoms with Crippen LogP contribution in [-0.2, 0) is 4.74 Å². The largest absolute Gasteiger partial charge is 0.377 e. The van der Waals surface area contributed by atoms with E-state index in [4.69, 9.17) is 4.74 Å². The number of ether oxygens (including phenoxy) is 1. The minimum Gasteiger partial charge on any atom is -0.377 e. The Bertz CT molecular complexity index is 267. The quantitative estimate of drug-likeness (QED) is 0.592. The molecule has 0 unspecified atom stereocenters. The van der Waals surface area contributed by atoms with Gasteiger partial charge in [-0.3, -0.25) is 0 Å². The normalized spacial score (nSPS) is 17.8. The second-order valence-electron chi connectivity index (χ2n) is 2.46. The Morgan fingerprint density at radius 3 is 3.00 bits per heavy atom. The molecular weight excluding hydrogens is 146 g/mol. The zero-order valence-electron chi connectivity index (χ0n) is 5.80. The second kappa shape index (κ2) is 2.43. The molecule has 5 nitrogen and oxygen atoms in total. The lowest BCUT2D eigenvalue weighted by Gasteiger charge is -2.26. The van der Waals surface area contributed by atoms with Crippen LogP contribution in [0.3, 0.4) is 0 Å². The van der Waals surface area contributed by atoms with Crippen LogP contribution in [0.2, 0.25) is 0 Å². The Balaban J connectivity index is 2.17. The van der Waals surface area contributed by atoms with Gasteiger partial charge in [-0.25, -0.2) is 4.98 Å². The van der Waals surface area contributed by atoms with Crippen LogP contribution in [0.1, 0.15) is 6.04 Å². The summed E-state index contributed by atoms with van der Waals surface area (Å²) in [5.74, 6) is 0.233. The van der Waals surface area contributed by atoms with Crippen LogP contribution in [0.5, 0.6) is 0 Å². The fourth-order valence-electron chi connectivity index (χ4n) is 0.968. The van der Waals surface area contributed by atoms with Crippen molar-refractivity contribution < 1.29 is 4.74 Å². The standard InChI is InChI=1S/C6H7N3O2/c10-8-6-1-9(4-7-6)5-2-11-3-5/h1,4-5H,2-3H2. The zero-order chi connectivity index (χ0) is 7.68. The van der Waals surface area contributed by atoms with Crippen molar-refractivity contribution in [2.75, 3.05) is 13.2 Å². The monoisotopic (exact) mass is 153 g/mol. The van der Waals surface area contributed by atoms with E-state index < -0.39 is 0 Å². The second-order valence-corrected chi connectivity index (χ2v) is 2.46. The van der Waals surface area contributed by atoms with Gasteiger partial charge in [0.15, 0.2) is 0 Å². The first-order valence-corrected chi connectivity index (χ1v) is 3.35. The Hall–Kier alpha value is -1.23. The van der Waals surface area contributed by atoms with E-state index in [1.807, 2.05) is 4.57 Å². The highest BCUT2D eigenvalue weighted by Gasteiger charge is 2.20. The molecule has 1 aromatic heterocycles. The molecule has 0 N–H and O–H groups in total. The molecule has 1 aromatic rings. The van der Waals surface area contributed by atoms with Gasteiger partial charge < -0.3 is 9.30 Å². The summed E-state index contributed by atoms with van der Waals surface area (Å²) >= 11 is 0. The summed E-state index contributed by atoms with van der Waals surface area (Å²) in [5.41, 5.74) is 0. The van der Waals surface area contributed by atoms with Crippen molar-refractivity contribution >= 4 is 5.82 Å². The average molecular weight is 153 g/mol. The zero-order valence-corrected chi connectivity index (χ0v) is 5.80. The van der Waals surface area contributed by atoms with E-state index in [1.165, 1.54) is 0 Å². The molecule has 0 aliphatic carbocycles. The Kier molecular flexibility index (Phi) is 1.43. The van der Waals surface area contributed by atoms with Crippen molar-refractivity contribution in [2.45, 2.75) is 6.04 Å². The minimum absolute atomic E-state index is 0.233. The molecular formula is C6H7N3O2. The van der Waals surface area contributed by atoms with E-state index >= 15 is 0 Å². The van der Waals surface area contributed by atoms with E-state index in [-0.39, 0.29) is 5.82 Å². The van der Waals surface area contributed by atoms with E-state index in [0.29, 0.717) is 19.3 Å². The van der Waals surface area contributed by atoms with Gasteiger partial charge in [0.05, 0.1) is 31.8 Å². The van der Waals surface area contributed by atoms with Gasteiger partial charge in [0.25, 0.3) is 0 Å². The number of imidazole rings is 1. The summed E-state index contributed by atoms with van der Waals surface area (Å²) in [6.07, 6.45) is 3.23. The lowest BCUT2D eigenvalue weighted by atomic mass is 10.2. The number of nitroso groups, excluding NO2 is 1. The van der Waals surface area contributed by atoms with Crippen LogP contribution in [-0.4, -0.2) is 22.8 Å². The highest BCUT2D eigenvalue weighted by atomic mass is 16.5. The van der Waals surface area contributed by atoms with Crippen LogP contribution in [0.15, 0.2) is 17.7 Å². The average Bonchev–Trinajstić information content (AvgIpc) is 2.32. The van der Waals surface area contributed by atoms with Crippen LogP contribution >= 0.6 is 0 Å². The summed E-state index contributed by atoms with van der Waals surface area (Å²) in [4.78, 5) is 13.8. The van der Waals surface area contributed by atoms with Crippen molar-refractivity contribution in [3.63, 3.8) is 0 Å². The summed E-state index contributed by atoms with van der Waals surface area (Å²) < 4.78 is 6.82. The molecule has 1 saturated heterocycles. The van der Waals surface area contributed by atoms with Crippen molar-refractivity contribution in [1.82, 2.24) is 9.55 Å². The SMILES string of the molecule is O=Nc1cn(C2COC2)cn1. The van der Waals surface area contributed by atoms with Gasteiger partial charge >= 0.3 is 0 Å². The molecule has 58 valence electrons. The van der Waals surface area contributed by atoms with Crippen molar-refractivity contribution in [3.8, 4) is 0 Å². The van der Waals surface area contributed by atoms with E-state index in [2.05, 4.69) is 10.2 Å². The minimum atomic E-state index is 0.233. The molecule has 0 bridgehead atoms. The van der Waals surface area contributed by atoms with Gasteiger partial charge in [-0.15, -0.1) is 4.91 Å². The molecule has 0 amide bonds. The molecule has 1 fully saturated rings. The highest BCUT2D eigenvalue weighted by Crippen LogP contribution is 2.18. The fourth-order valence-corrected chi connectivity index (χ4v) is 0.968. The van der Waals surface area contributed by atoms with Crippen molar-refractivity contribution in [1.29, 1.82) is 0 Å². The Morgan fingerprint density at radius 2 is 2.55 bits per heavy atom. The molecule has 5 heteroatoms. The predicted molar refractivity (Wildman–Crippen MR) is 37.5 cm³/mol. The van der Waals surface area contributed by atoms with Gasteiger partial charge in [-0.1, -0.05) is 0 Å². The number of hydrogen-bond donors (Lipinski definition) is 0. The Morgan fingerprint density at radius 1 is 1.73 bits per heavy atom. The van der Waals surface area contributed by atoms with Crippen LogP contribution in [0, 0.1) is 4.91 Å². The molecule has 2 rings (SSSR count). The summed E-state index contributed by atoms with van der Waals surface area (Å²) in [6.45, 7) is 1.41. The predicted octanol–water partition coefficient (Wildman–Crippen LogP) is 0.852. The van der Waals surface area contributed by atoms with Gasteiger partial charge in [0, 0.05) is 0 Å². The molecule has 0 saturated carbocycles. The summed E-state index contributed by atoms with van der Waals surface area (Å²) in [6, 6.07) is 0.345. The Labute approximate surface area is 63.0 Å². The van der Waals surface area contributed by atoms with Crippen LogP contribution in [0.25, 0.3) is 0 Å². The van der Waals surface area contributed by atoms with E-state index in [9.17, 15) is 4.91 Å². The summed E-state index contributed by atoms with van der Waals surface area (Å²) in [7, 11) is 0. The fraction of sp³-hybridized carbons (Fsp3) is 0.500. The molecule has 2 heterocycles. The number of nitrogens with zero attached hydrogens (tertiary/aromatic N) is 3. The molecule has 0 spiro atoms. The molecule has 11 heavy (non-hydrogen) atoms. The van der Waals surface area contributed by atoms with Crippen LogP contribution < -0.4 is 0 Å². The van der Waals surface area contributed by atoms with Gasteiger partial charge in [-0.2, -0.15) is 0 Å². The molecule has 0 aromatic carbocycles. The molecule has 0 atom stereocenters. The van der Waals surface area contributed by atoms with Crippen LogP contribution in [0.4, 0.5) is 5.82 Å². The van der Waals surface area contributed by atoms with E-state index in [1.54, 1.807) is 12.5 Å². The number of aromatic nitrogens is 2. The first-order valence-electron chi connectivity index (χ1n) is 3.35. The maximum absolute atomic E-state index is 9.99. The third kappa shape index (κ3) is 1.03. The number of rotatable bonds is 2. The van der Waals surface area contributed by atoms with Gasteiger partial charge in [-0.05, 0) is 5.18 Å². The molecule has 1 aliphatic heterocycles. The van der Waals surface area contributed by atoms with E-state index in [0.717, 1.165) is 0 Å². The lowest BCUT2D eigenvalue weighted by molar-refractivity contribution is -0.0233. The number of hydrogen-bond acceptors (Lipinski definition) is 4. The third-order valence-electron chi connectivity index (χ3n) is 1.72. The smallest absolute Gasteiger partial charge is 0.214 e. The first kappa shape index (κ1) is 6.48. The topological polar surface area (TPSA) is 56.5 Å². The third-order valence-corrected chi connectivity index (χ3v) is 1.72. The van der Waals surface area contributed by atoms with Gasteiger partial charge in [0.2, 0.25) is 5.82 Å². The van der Waals surface area contributed by atoms with Crippen molar-refractivity contribution in [3.05, 3.63) is 17.4 Å². The molecule has 1 aliphatic rings. The summed E-state index contributed by atoms with van der Waals surface area (Å²) in [5, 5.41) is 2.71. The highest BCUT2D eigenvalue weighted by molar-refractivity contribution is 5.21. The lowest BCUT2D eigenvalue weighted by Crippen LogP contribution is -2.29. The van der Waals surface area contributed by atoms with Crippen molar-refractivity contribution in [2.24, 2.45) is 5.18 Å². The maximum atomic E-state index is 9.99. The molecule has 0 radical (unpaired) electrons.